The van der Waals surface area contributed by atoms with Gasteiger partial charge >= 0.3 is 6.03 Å². The van der Waals surface area contributed by atoms with Gasteiger partial charge in [-0.05, 0) is 38.0 Å². The number of nitrogens with zero attached hydrogens (tertiary/aromatic N) is 3. The molecule has 2 aromatic rings. The van der Waals surface area contributed by atoms with Crippen molar-refractivity contribution in [3.63, 3.8) is 0 Å². The molecule has 1 N–H and O–H groups in total. The predicted octanol–water partition coefficient (Wildman–Crippen LogP) is 1.94. The highest BCUT2D eigenvalue weighted by molar-refractivity contribution is 5.80. The van der Waals surface area contributed by atoms with Gasteiger partial charge in [0.15, 0.2) is 0 Å². The second-order valence-electron chi connectivity index (χ2n) is 7.47. The van der Waals surface area contributed by atoms with Gasteiger partial charge in [0.25, 0.3) is 0 Å². The van der Waals surface area contributed by atoms with Gasteiger partial charge < -0.3 is 24.4 Å². The summed E-state index contributed by atoms with van der Waals surface area (Å²) in [5.41, 5.74) is 2.70. The van der Waals surface area contributed by atoms with Crippen molar-refractivity contribution in [3.05, 3.63) is 46.8 Å². The number of hydrogen-bond acceptors (Lipinski definition) is 5. The van der Waals surface area contributed by atoms with Gasteiger partial charge in [-0.3, -0.25) is 4.79 Å². The molecule has 31 heavy (non-hydrogen) atoms. The van der Waals surface area contributed by atoms with E-state index in [-0.39, 0.29) is 25.0 Å². The zero-order valence-corrected chi connectivity index (χ0v) is 18.0. The number of urea groups is 1. The van der Waals surface area contributed by atoms with Gasteiger partial charge in [0, 0.05) is 38.3 Å². The summed E-state index contributed by atoms with van der Waals surface area (Å²) in [4.78, 5) is 28.5. The maximum atomic E-state index is 12.6. The Morgan fingerprint density at radius 2 is 1.84 bits per heavy atom. The Balaban J connectivity index is 1.38. The lowest BCUT2D eigenvalue weighted by Crippen LogP contribution is -2.53. The van der Waals surface area contributed by atoms with E-state index >= 15 is 0 Å². The van der Waals surface area contributed by atoms with E-state index in [2.05, 4.69) is 16.4 Å². The summed E-state index contributed by atoms with van der Waals surface area (Å²) in [5.74, 6) is 3.87. The monoisotopic (exact) mass is 424 g/mol. The number of piperazine rings is 1. The quantitative estimate of drug-likeness (QED) is 0.687. The lowest BCUT2D eigenvalue weighted by atomic mass is 10.1. The van der Waals surface area contributed by atoms with Crippen LogP contribution in [0.15, 0.2) is 28.8 Å². The maximum Gasteiger partial charge on any atom is 0.317 e. The summed E-state index contributed by atoms with van der Waals surface area (Å²) in [6, 6.07) is 7.55. The number of ether oxygens (including phenoxy) is 1. The highest BCUT2D eigenvalue weighted by Crippen LogP contribution is 2.15. The van der Waals surface area contributed by atoms with Gasteiger partial charge in [-0.1, -0.05) is 23.2 Å². The molecule has 1 aromatic carbocycles. The molecule has 8 heteroatoms. The number of carbonyl (C=O) groups is 2. The van der Waals surface area contributed by atoms with E-state index in [1.165, 1.54) is 0 Å². The molecule has 164 valence electrons. The van der Waals surface area contributed by atoms with Crippen LogP contribution in [-0.2, 0) is 17.6 Å². The topological polar surface area (TPSA) is 87.9 Å². The fourth-order valence-corrected chi connectivity index (χ4v) is 3.48. The Morgan fingerprint density at radius 1 is 1.16 bits per heavy atom. The summed E-state index contributed by atoms with van der Waals surface area (Å²) < 4.78 is 10.5. The van der Waals surface area contributed by atoms with Crippen LogP contribution >= 0.6 is 0 Å². The van der Waals surface area contributed by atoms with E-state index in [4.69, 9.17) is 15.7 Å². The van der Waals surface area contributed by atoms with E-state index in [1.807, 2.05) is 38.1 Å². The Morgan fingerprint density at radius 3 is 2.45 bits per heavy atom. The van der Waals surface area contributed by atoms with Crippen LogP contribution in [0, 0.1) is 26.2 Å². The van der Waals surface area contributed by atoms with Gasteiger partial charge in [0.2, 0.25) is 5.91 Å². The fourth-order valence-electron chi connectivity index (χ4n) is 3.48. The van der Waals surface area contributed by atoms with E-state index in [9.17, 15) is 9.59 Å². The number of carbonyl (C=O) groups excluding carboxylic acids is 2. The second-order valence-corrected chi connectivity index (χ2v) is 7.47. The number of terminal acetylenes is 1. The normalized spacial score (nSPS) is 13.6. The first-order chi connectivity index (χ1) is 15.0. The van der Waals surface area contributed by atoms with Crippen LogP contribution in [-0.4, -0.2) is 66.2 Å². The van der Waals surface area contributed by atoms with Crippen LogP contribution in [0.3, 0.4) is 0 Å². The minimum atomic E-state index is -0.105. The molecule has 0 saturated carbocycles. The summed E-state index contributed by atoms with van der Waals surface area (Å²) >= 11 is 0. The third-order valence-corrected chi connectivity index (χ3v) is 5.36. The molecule has 2 heterocycles. The van der Waals surface area contributed by atoms with Crippen LogP contribution in [0.4, 0.5) is 4.79 Å². The van der Waals surface area contributed by atoms with Crippen molar-refractivity contribution in [1.29, 1.82) is 0 Å². The Labute approximate surface area is 182 Å². The smallest absolute Gasteiger partial charge is 0.317 e. The zero-order valence-electron chi connectivity index (χ0n) is 18.0. The first-order valence-corrected chi connectivity index (χ1v) is 10.4. The first-order valence-electron chi connectivity index (χ1n) is 10.4. The Bertz CT molecular complexity index is 918. The molecule has 3 rings (SSSR count). The van der Waals surface area contributed by atoms with Gasteiger partial charge in [-0.15, -0.1) is 6.42 Å². The molecular formula is C23H28N4O4. The van der Waals surface area contributed by atoms with Crippen molar-refractivity contribution in [2.45, 2.75) is 26.7 Å². The summed E-state index contributed by atoms with van der Waals surface area (Å²) in [6.07, 6.45) is 6.17. The number of hydrogen-bond donors (Lipinski definition) is 1. The minimum Gasteiger partial charge on any atom is -0.481 e. The molecular weight excluding hydrogens is 396 g/mol. The molecule has 3 amide bonds. The molecule has 8 nitrogen and oxygen atoms in total. The van der Waals surface area contributed by atoms with Crippen molar-refractivity contribution in [2.24, 2.45) is 0 Å². The Hall–Kier alpha value is -3.47. The van der Waals surface area contributed by atoms with Crippen molar-refractivity contribution >= 4 is 11.9 Å². The van der Waals surface area contributed by atoms with E-state index in [0.29, 0.717) is 38.5 Å². The van der Waals surface area contributed by atoms with Gasteiger partial charge in [0.05, 0.1) is 12.1 Å². The number of nitrogens with one attached hydrogen (secondary N) is 1. The number of aryl methyl sites for hydroxylation is 2. The molecule has 1 aromatic heterocycles. The van der Waals surface area contributed by atoms with Crippen LogP contribution in [0.2, 0.25) is 0 Å². The van der Waals surface area contributed by atoms with E-state index in [0.717, 1.165) is 29.0 Å². The largest absolute Gasteiger partial charge is 0.481 e. The van der Waals surface area contributed by atoms with Crippen molar-refractivity contribution < 1.29 is 18.8 Å². The van der Waals surface area contributed by atoms with Crippen LogP contribution in [0.25, 0.3) is 0 Å². The molecule has 0 bridgehead atoms. The van der Waals surface area contributed by atoms with Gasteiger partial charge in [-0.2, -0.15) is 0 Å². The minimum absolute atomic E-state index is 0.0316. The predicted molar refractivity (Wildman–Crippen MR) is 116 cm³/mol. The number of aromatic nitrogens is 1. The maximum absolute atomic E-state index is 12.6. The van der Waals surface area contributed by atoms with Gasteiger partial charge in [0.1, 0.15) is 18.1 Å². The highest BCUT2D eigenvalue weighted by atomic mass is 16.5. The lowest BCUT2D eigenvalue weighted by molar-refractivity contribution is -0.131. The SMILES string of the molecule is C#CCOc1ccc(CCNC(=O)N2CCN(C(=O)Cc3c(C)noc3C)CC2)cc1. The number of rotatable bonds is 7. The third kappa shape index (κ3) is 6.01. The lowest BCUT2D eigenvalue weighted by Gasteiger charge is -2.34. The summed E-state index contributed by atoms with van der Waals surface area (Å²) in [6.45, 7) is 6.50. The summed E-state index contributed by atoms with van der Waals surface area (Å²) in [7, 11) is 0. The molecule has 0 aliphatic carbocycles. The van der Waals surface area contributed by atoms with Crippen molar-refractivity contribution in [1.82, 2.24) is 20.3 Å². The fraction of sp³-hybridized carbons (Fsp3) is 0.435. The Kier molecular flexibility index (Phi) is 7.55. The number of benzene rings is 1. The molecule has 0 spiro atoms. The molecule has 1 aliphatic rings. The van der Waals surface area contributed by atoms with Crippen LogP contribution in [0.1, 0.15) is 22.6 Å². The average Bonchev–Trinajstić information content (AvgIpc) is 3.10. The second kappa shape index (κ2) is 10.5. The molecule has 0 atom stereocenters. The number of amides is 3. The van der Waals surface area contributed by atoms with Crippen molar-refractivity contribution in [2.75, 3.05) is 39.3 Å². The standard InChI is InChI=1S/C23H28N4O4/c1-4-15-30-20-7-5-19(6-8-20)9-10-24-23(29)27-13-11-26(12-14-27)22(28)16-21-17(2)25-31-18(21)3/h1,5-8H,9-16H2,2-3H3,(H,24,29). The summed E-state index contributed by atoms with van der Waals surface area (Å²) in [5, 5.41) is 6.85. The average molecular weight is 425 g/mol. The molecule has 0 unspecified atom stereocenters. The molecule has 1 fully saturated rings. The first kappa shape index (κ1) is 22.2. The molecule has 0 radical (unpaired) electrons. The molecule has 1 aliphatic heterocycles. The highest BCUT2D eigenvalue weighted by Gasteiger charge is 2.25. The van der Waals surface area contributed by atoms with E-state index in [1.54, 1.807) is 9.80 Å². The van der Waals surface area contributed by atoms with Gasteiger partial charge in [-0.25, -0.2) is 4.79 Å². The zero-order chi connectivity index (χ0) is 22.2. The van der Waals surface area contributed by atoms with Crippen LogP contribution in [0.5, 0.6) is 5.75 Å². The van der Waals surface area contributed by atoms with Crippen LogP contribution < -0.4 is 10.1 Å². The third-order valence-electron chi connectivity index (χ3n) is 5.36. The van der Waals surface area contributed by atoms with E-state index < -0.39 is 0 Å². The molecule has 1 saturated heterocycles. The van der Waals surface area contributed by atoms with Crippen molar-refractivity contribution in [3.8, 4) is 18.1 Å².